The Balaban J connectivity index is 2.32. The topological polar surface area (TPSA) is 59.1 Å². The lowest BCUT2D eigenvalue weighted by molar-refractivity contribution is 0.417. The van der Waals surface area contributed by atoms with Crippen molar-refractivity contribution in [1.29, 1.82) is 0 Å². The minimum Gasteiger partial charge on any atom is -0.495 e. The largest absolute Gasteiger partial charge is 0.495 e. The Hall–Kier alpha value is -2.01. The van der Waals surface area contributed by atoms with Crippen LogP contribution in [-0.4, -0.2) is 22.6 Å². The highest BCUT2D eigenvalue weighted by Crippen LogP contribution is 2.30. The maximum atomic E-state index is 6.05. The average Bonchev–Trinajstić information content (AvgIpc) is 2.36. The molecule has 0 aliphatic carbocycles. The SMILES string of the molecule is COc1ccc(Cl)cc1Nc1cc(C)nc(NC(C)(C)C)n1. The van der Waals surface area contributed by atoms with Gasteiger partial charge in [0.1, 0.15) is 11.6 Å². The highest BCUT2D eigenvalue weighted by Gasteiger charge is 2.13. The molecule has 0 bridgehead atoms. The summed E-state index contributed by atoms with van der Waals surface area (Å²) in [5.41, 5.74) is 1.51. The molecule has 1 heterocycles. The number of ether oxygens (including phenoxy) is 1. The molecule has 0 aliphatic rings. The highest BCUT2D eigenvalue weighted by atomic mass is 35.5. The molecule has 2 rings (SSSR count). The predicted octanol–water partition coefficient (Wildman–Crippen LogP) is 4.40. The zero-order valence-corrected chi connectivity index (χ0v) is 14.2. The van der Waals surface area contributed by atoms with Crippen molar-refractivity contribution in [3.8, 4) is 5.75 Å². The standard InChI is InChI=1S/C16H21ClN4O/c1-10-8-14(20-15(18-10)21-16(2,3)4)19-12-9-11(17)6-7-13(12)22-5/h6-9H,1-5H3,(H2,18,19,20,21). The van der Waals surface area contributed by atoms with E-state index in [9.17, 15) is 0 Å². The number of halogens is 1. The number of anilines is 3. The van der Waals surface area contributed by atoms with E-state index in [2.05, 4.69) is 41.4 Å². The van der Waals surface area contributed by atoms with Crippen LogP contribution in [-0.2, 0) is 0 Å². The van der Waals surface area contributed by atoms with Crippen molar-refractivity contribution in [3.05, 3.63) is 35.0 Å². The average molecular weight is 321 g/mol. The van der Waals surface area contributed by atoms with Crippen LogP contribution in [0.3, 0.4) is 0 Å². The van der Waals surface area contributed by atoms with Crippen LogP contribution in [0.15, 0.2) is 24.3 Å². The van der Waals surface area contributed by atoms with Gasteiger partial charge in [-0.25, -0.2) is 4.98 Å². The number of aryl methyl sites for hydroxylation is 1. The van der Waals surface area contributed by atoms with Crippen LogP contribution in [0.4, 0.5) is 17.5 Å². The predicted molar refractivity (Wildman–Crippen MR) is 91.4 cm³/mol. The molecule has 1 aromatic carbocycles. The van der Waals surface area contributed by atoms with Crippen molar-refractivity contribution in [3.63, 3.8) is 0 Å². The van der Waals surface area contributed by atoms with Crippen LogP contribution < -0.4 is 15.4 Å². The van der Waals surface area contributed by atoms with Gasteiger partial charge in [0.05, 0.1) is 12.8 Å². The third-order valence-corrected chi connectivity index (χ3v) is 3.00. The fraction of sp³-hybridized carbons (Fsp3) is 0.375. The number of rotatable bonds is 4. The number of nitrogens with zero attached hydrogens (tertiary/aromatic N) is 2. The van der Waals surface area contributed by atoms with E-state index in [1.165, 1.54) is 0 Å². The van der Waals surface area contributed by atoms with Gasteiger partial charge in [-0.15, -0.1) is 0 Å². The summed E-state index contributed by atoms with van der Waals surface area (Å²) in [5, 5.41) is 7.13. The van der Waals surface area contributed by atoms with Gasteiger partial charge in [-0.05, 0) is 45.9 Å². The summed E-state index contributed by atoms with van der Waals surface area (Å²) in [6.45, 7) is 8.11. The molecular formula is C16H21ClN4O. The maximum Gasteiger partial charge on any atom is 0.225 e. The molecule has 0 unspecified atom stereocenters. The second-order valence-corrected chi connectivity index (χ2v) is 6.50. The highest BCUT2D eigenvalue weighted by molar-refractivity contribution is 6.31. The summed E-state index contributed by atoms with van der Waals surface area (Å²) in [6, 6.07) is 7.26. The van der Waals surface area contributed by atoms with Crippen molar-refractivity contribution in [1.82, 2.24) is 9.97 Å². The van der Waals surface area contributed by atoms with Gasteiger partial charge in [0.2, 0.25) is 5.95 Å². The summed E-state index contributed by atoms with van der Waals surface area (Å²) >= 11 is 6.05. The summed E-state index contributed by atoms with van der Waals surface area (Å²) in [4.78, 5) is 8.89. The minimum absolute atomic E-state index is 0.112. The quantitative estimate of drug-likeness (QED) is 0.874. The summed E-state index contributed by atoms with van der Waals surface area (Å²) in [6.07, 6.45) is 0. The van der Waals surface area contributed by atoms with E-state index in [1.807, 2.05) is 19.1 Å². The number of aromatic nitrogens is 2. The zero-order chi connectivity index (χ0) is 16.3. The van der Waals surface area contributed by atoms with E-state index in [0.717, 1.165) is 11.4 Å². The lowest BCUT2D eigenvalue weighted by atomic mass is 10.1. The van der Waals surface area contributed by atoms with Crippen molar-refractivity contribution in [2.24, 2.45) is 0 Å². The first-order valence-corrected chi connectivity index (χ1v) is 7.39. The zero-order valence-electron chi connectivity index (χ0n) is 13.5. The molecule has 22 heavy (non-hydrogen) atoms. The van der Waals surface area contributed by atoms with Crippen molar-refractivity contribution in [2.45, 2.75) is 33.2 Å². The Morgan fingerprint density at radius 3 is 2.50 bits per heavy atom. The van der Waals surface area contributed by atoms with Gasteiger partial charge in [0, 0.05) is 22.3 Å². The monoisotopic (exact) mass is 320 g/mol. The Bertz CT molecular complexity index is 668. The van der Waals surface area contributed by atoms with E-state index >= 15 is 0 Å². The number of benzene rings is 1. The fourth-order valence-electron chi connectivity index (χ4n) is 1.94. The van der Waals surface area contributed by atoms with Gasteiger partial charge >= 0.3 is 0 Å². The molecule has 6 heteroatoms. The molecule has 2 N–H and O–H groups in total. The van der Waals surface area contributed by atoms with Gasteiger partial charge < -0.3 is 15.4 Å². The second kappa shape index (κ2) is 6.40. The second-order valence-electron chi connectivity index (χ2n) is 6.06. The van der Waals surface area contributed by atoms with Gasteiger partial charge in [-0.1, -0.05) is 11.6 Å². The first-order valence-electron chi connectivity index (χ1n) is 7.01. The van der Waals surface area contributed by atoms with Crippen molar-refractivity contribution < 1.29 is 4.74 Å². The van der Waals surface area contributed by atoms with Crippen molar-refractivity contribution >= 4 is 29.1 Å². The van der Waals surface area contributed by atoms with Crippen LogP contribution in [0.2, 0.25) is 5.02 Å². The Kier molecular flexibility index (Phi) is 4.76. The maximum absolute atomic E-state index is 6.05. The van der Waals surface area contributed by atoms with E-state index in [4.69, 9.17) is 16.3 Å². The third kappa shape index (κ3) is 4.49. The lowest BCUT2D eigenvalue weighted by Crippen LogP contribution is -2.27. The number of hydrogen-bond acceptors (Lipinski definition) is 5. The Labute approximate surface area is 136 Å². The molecular weight excluding hydrogens is 300 g/mol. The molecule has 0 atom stereocenters. The van der Waals surface area contributed by atoms with Crippen LogP contribution in [0.25, 0.3) is 0 Å². The van der Waals surface area contributed by atoms with Gasteiger partial charge in [0.15, 0.2) is 0 Å². The third-order valence-electron chi connectivity index (χ3n) is 2.77. The minimum atomic E-state index is -0.112. The molecule has 0 aliphatic heterocycles. The van der Waals surface area contributed by atoms with Crippen LogP contribution >= 0.6 is 11.6 Å². The van der Waals surface area contributed by atoms with Crippen LogP contribution in [0.5, 0.6) is 5.75 Å². The molecule has 1 aromatic heterocycles. The Morgan fingerprint density at radius 1 is 1.14 bits per heavy atom. The van der Waals surface area contributed by atoms with E-state index in [0.29, 0.717) is 22.5 Å². The molecule has 0 spiro atoms. The smallest absolute Gasteiger partial charge is 0.225 e. The molecule has 118 valence electrons. The van der Waals surface area contributed by atoms with Crippen LogP contribution in [0.1, 0.15) is 26.5 Å². The molecule has 0 fully saturated rings. The number of methoxy groups -OCH3 is 1. The summed E-state index contributed by atoms with van der Waals surface area (Å²) in [7, 11) is 1.62. The number of nitrogens with one attached hydrogen (secondary N) is 2. The molecule has 0 saturated heterocycles. The summed E-state index contributed by atoms with van der Waals surface area (Å²) < 4.78 is 5.33. The van der Waals surface area contributed by atoms with Gasteiger partial charge in [0.25, 0.3) is 0 Å². The molecule has 0 amide bonds. The lowest BCUT2D eigenvalue weighted by Gasteiger charge is -2.21. The molecule has 5 nitrogen and oxygen atoms in total. The van der Waals surface area contributed by atoms with Gasteiger partial charge in [-0.3, -0.25) is 0 Å². The van der Waals surface area contributed by atoms with E-state index < -0.39 is 0 Å². The Morgan fingerprint density at radius 2 is 1.86 bits per heavy atom. The molecule has 2 aromatic rings. The molecule has 0 radical (unpaired) electrons. The number of hydrogen-bond donors (Lipinski definition) is 2. The normalized spacial score (nSPS) is 11.2. The molecule has 0 saturated carbocycles. The first kappa shape index (κ1) is 16.4. The summed E-state index contributed by atoms with van der Waals surface area (Å²) in [5.74, 6) is 1.96. The van der Waals surface area contributed by atoms with Crippen molar-refractivity contribution in [2.75, 3.05) is 17.7 Å². The van der Waals surface area contributed by atoms with E-state index in [1.54, 1.807) is 19.2 Å². The first-order chi connectivity index (χ1) is 10.3. The van der Waals surface area contributed by atoms with Gasteiger partial charge in [-0.2, -0.15) is 4.98 Å². The van der Waals surface area contributed by atoms with E-state index in [-0.39, 0.29) is 5.54 Å². The van der Waals surface area contributed by atoms with Crippen LogP contribution in [0, 0.1) is 6.92 Å². The fourth-order valence-corrected chi connectivity index (χ4v) is 2.11.